The molecule has 0 unspecified atom stereocenters. The van der Waals surface area contributed by atoms with Gasteiger partial charge in [0.15, 0.2) is 0 Å². The summed E-state index contributed by atoms with van der Waals surface area (Å²) >= 11 is 0. The highest BCUT2D eigenvalue weighted by Gasteiger charge is 2.06. The number of fused-ring (bicyclic) bond motifs is 1. The molecule has 0 saturated heterocycles. The molecule has 2 aromatic rings. The third-order valence-electron chi connectivity index (χ3n) is 3.79. The Labute approximate surface area is 116 Å². The first-order valence-electron chi connectivity index (χ1n) is 6.87. The summed E-state index contributed by atoms with van der Waals surface area (Å²) in [6, 6.07) is 13.4. The minimum Gasteiger partial charge on any atom is -0.497 e. The van der Waals surface area contributed by atoms with Crippen molar-refractivity contribution in [1.82, 2.24) is 4.90 Å². The van der Waals surface area contributed by atoms with E-state index in [1.807, 2.05) is 6.07 Å². The minimum atomic E-state index is 0.593. The molecule has 0 saturated carbocycles. The van der Waals surface area contributed by atoms with Crippen LogP contribution in [0, 0.1) is 0 Å². The normalized spacial score (nSPS) is 11.5. The van der Waals surface area contributed by atoms with Crippen LogP contribution < -0.4 is 4.74 Å². The predicted octanol–water partition coefficient (Wildman–Crippen LogP) is 3.73. The number of nitrogens with zero attached hydrogens (tertiary/aromatic N) is 1. The van der Waals surface area contributed by atoms with Gasteiger partial charge in [-0.05, 0) is 55.8 Å². The van der Waals surface area contributed by atoms with Crippen LogP contribution >= 0.6 is 0 Å². The molecule has 0 radical (unpaired) electrons. The van der Waals surface area contributed by atoms with Gasteiger partial charge in [-0.2, -0.15) is 0 Å². The van der Waals surface area contributed by atoms with Crippen LogP contribution in [0.5, 0.6) is 5.75 Å². The van der Waals surface area contributed by atoms with E-state index in [0.29, 0.717) is 6.04 Å². The fraction of sp³-hybridized carbons (Fsp3) is 0.412. The van der Waals surface area contributed by atoms with Gasteiger partial charge in [-0.15, -0.1) is 0 Å². The number of benzene rings is 2. The standard InChI is InChI=1S/C17H23NO/c1-13(2)18(3)11-10-14-6-5-7-15-12-16(19-4)8-9-17(14)15/h5-9,12-13H,10-11H2,1-4H3. The van der Waals surface area contributed by atoms with E-state index in [-0.39, 0.29) is 0 Å². The van der Waals surface area contributed by atoms with Crippen LogP contribution in [-0.2, 0) is 6.42 Å². The number of hydrogen-bond donors (Lipinski definition) is 0. The topological polar surface area (TPSA) is 12.5 Å². The fourth-order valence-electron chi connectivity index (χ4n) is 2.23. The van der Waals surface area contributed by atoms with Gasteiger partial charge in [-0.1, -0.05) is 24.3 Å². The molecular formula is C17H23NO. The molecule has 0 aliphatic carbocycles. The van der Waals surface area contributed by atoms with E-state index in [2.05, 4.69) is 56.1 Å². The van der Waals surface area contributed by atoms with Crippen LogP contribution in [0.4, 0.5) is 0 Å². The zero-order valence-corrected chi connectivity index (χ0v) is 12.3. The fourth-order valence-corrected chi connectivity index (χ4v) is 2.23. The van der Waals surface area contributed by atoms with Gasteiger partial charge in [0, 0.05) is 12.6 Å². The summed E-state index contributed by atoms with van der Waals surface area (Å²) in [5, 5.41) is 2.59. The molecule has 0 aliphatic rings. The first kappa shape index (κ1) is 13.9. The van der Waals surface area contributed by atoms with Crippen molar-refractivity contribution in [2.75, 3.05) is 20.7 Å². The molecule has 0 fully saturated rings. The second-order valence-corrected chi connectivity index (χ2v) is 5.33. The Morgan fingerprint density at radius 3 is 2.63 bits per heavy atom. The zero-order chi connectivity index (χ0) is 13.8. The number of hydrogen-bond acceptors (Lipinski definition) is 2. The average Bonchev–Trinajstić information content (AvgIpc) is 2.43. The van der Waals surface area contributed by atoms with Gasteiger partial charge in [0.1, 0.15) is 5.75 Å². The first-order valence-corrected chi connectivity index (χ1v) is 6.87. The molecule has 102 valence electrons. The van der Waals surface area contributed by atoms with Crippen LogP contribution in [0.1, 0.15) is 19.4 Å². The highest BCUT2D eigenvalue weighted by molar-refractivity contribution is 5.87. The van der Waals surface area contributed by atoms with Crippen LogP contribution in [0.3, 0.4) is 0 Å². The van der Waals surface area contributed by atoms with Crippen molar-refractivity contribution in [3.8, 4) is 5.75 Å². The lowest BCUT2D eigenvalue weighted by atomic mass is 10.0. The van der Waals surface area contributed by atoms with E-state index in [1.165, 1.54) is 16.3 Å². The highest BCUT2D eigenvalue weighted by Crippen LogP contribution is 2.24. The molecule has 0 bridgehead atoms. The Morgan fingerprint density at radius 2 is 1.95 bits per heavy atom. The van der Waals surface area contributed by atoms with Crippen molar-refractivity contribution in [2.24, 2.45) is 0 Å². The molecule has 0 aromatic heterocycles. The molecule has 2 rings (SSSR count). The largest absolute Gasteiger partial charge is 0.497 e. The average molecular weight is 257 g/mol. The Bertz CT molecular complexity index is 548. The lowest BCUT2D eigenvalue weighted by molar-refractivity contribution is 0.278. The molecular weight excluding hydrogens is 234 g/mol. The van der Waals surface area contributed by atoms with Gasteiger partial charge in [0.05, 0.1) is 7.11 Å². The van der Waals surface area contributed by atoms with E-state index in [9.17, 15) is 0 Å². The van der Waals surface area contributed by atoms with Crippen molar-refractivity contribution in [2.45, 2.75) is 26.3 Å². The number of likely N-dealkylation sites (N-methyl/N-ethyl adjacent to an activating group) is 1. The van der Waals surface area contributed by atoms with Gasteiger partial charge in [0.25, 0.3) is 0 Å². The molecule has 0 N–H and O–H groups in total. The van der Waals surface area contributed by atoms with Crippen LogP contribution in [0.2, 0.25) is 0 Å². The molecule has 0 amide bonds. The maximum absolute atomic E-state index is 5.28. The van der Waals surface area contributed by atoms with Gasteiger partial charge < -0.3 is 9.64 Å². The SMILES string of the molecule is COc1ccc2c(CCN(C)C(C)C)cccc2c1. The van der Waals surface area contributed by atoms with E-state index in [1.54, 1.807) is 7.11 Å². The lowest BCUT2D eigenvalue weighted by Crippen LogP contribution is -2.28. The van der Waals surface area contributed by atoms with E-state index < -0.39 is 0 Å². The summed E-state index contributed by atoms with van der Waals surface area (Å²) in [6.45, 7) is 5.55. The quantitative estimate of drug-likeness (QED) is 0.809. The predicted molar refractivity (Wildman–Crippen MR) is 82.0 cm³/mol. The van der Waals surface area contributed by atoms with E-state index in [0.717, 1.165) is 18.7 Å². The van der Waals surface area contributed by atoms with Crippen molar-refractivity contribution in [1.29, 1.82) is 0 Å². The maximum Gasteiger partial charge on any atom is 0.119 e. The second-order valence-electron chi connectivity index (χ2n) is 5.33. The van der Waals surface area contributed by atoms with E-state index >= 15 is 0 Å². The summed E-state index contributed by atoms with van der Waals surface area (Å²) in [4.78, 5) is 2.38. The van der Waals surface area contributed by atoms with Crippen molar-refractivity contribution in [3.63, 3.8) is 0 Å². The number of methoxy groups -OCH3 is 1. The van der Waals surface area contributed by atoms with Crippen molar-refractivity contribution in [3.05, 3.63) is 42.0 Å². The van der Waals surface area contributed by atoms with E-state index in [4.69, 9.17) is 4.74 Å². The zero-order valence-electron chi connectivity index (χ0n) is 12.3. The van der Waals surface area contributed by atoms with Crippen LogP contribution in [0.25, 0.3) is 10.8 Å². The summed E-state index contributed by atoms with van der Waals surface area (Å²) < 4.78 is 5.28. The monoisotopic (exact) mass is 257 g/mol. The molecule has 2 nitrogen and oxygen atoms in total. The summed E-state index contributed by atoms with van der Waals surface area (Å²) in [7, 11) is 3.89. The second kappa shape index (κ2) is 6.07. The van der Waals surface area contributed by atoms with Crippen LogP contribution in [-0.4, -0.2) is 31.6 Å². The molecule has 2 aromatic carbocycles. The van der Waals surface area contributed by atoms with Gasteiger partial charge in [-0.3, -0.25) is 0 Å². The molecule has 0 heterocycles. The Hall–Kier alpha value is -1.54. The third-order valence-corrected chi connectivity index (χ3v) is 3.79. The Balaban J connectivity index is 2.23. The van der Waals surface area contributed by atoms with Crippen molar-refractivity contribution >= 4 is 10.8 Å². The number of ether oxygens (including phenoxy) is 1. The molecule has 0 aliphatic heterocycles. The maximum atomic E-state index is 5.28. The van der Waals surface area contributed by atoms with Gasteiger partial charge in [0.2, 0.25) is 0 Å². The molecule has 0 spiro atoms. The first-order chi connectivity index (χ1) is 9.11. The van der Waals surface area contributed by atoms with Crippen LogP contribution in [0.15, 0.2) is 36.4 Å². The molecule has 2 heteroatoms. The number of rotatable bonds is 5. The molecule has 19 heavy (non-hydrogen) atoms. The van der Waals surface area contributed by atoms with Gasteiger partial charge >= 0.3 is 0 Å². The summed E-state index contributed by atoms with van der Waals surface area (Å²) in [6.07, 6.45) is 1.08. The highest BCUT2D eigenvalue weighted by atomic mass is 16.5. The minimum absolute atomic E-state index is 0.593. The lowest BCUT2D eigenvalue weighted by Gasteiger charge is -2.21. The Kier molecular flexibility index (Phi) is 4.43. The Morgan fingerprint density at radius 1 is 1.16 bits per heavy atom. The smallest absolute Gasteiger partial charge is 0.119 e. The third kappa shape index (κ3) is 3.27. The van der Waals surface area contributed by atoms with Crippen molar-refractivity contribution < 1.29 is 4.74 Å². The molecule has 0 atom stereocenters. The summed E-state index contributed by atoms with van der Waals surface area (Å²) in [5.41, 5.74) is 1.41. The van der Waals surface area contributed by atoms with Gasteiger partial charge in [-0.25, -0.2) is 0 Å². The summed E-state index contributed by atoms with van der Waals surface area (Å²) in [5.74, 6) is 0.920.